The fraction of sp³-hybridized carbons (Fsp3) is 0.364. The van der Waals surface area contributed by atoms with Crippen molar-refractivity contribution in [2.45, 2.75) is 19.2 Å². The zero-order valence-corrected chi connectivity index (χ0v) is 10.3. The molecule has 0 amide bonds. The molecule has 0 radical (unpaired) electrons. The van der Waals surface area contributed by atoms with E-state index in [1.165, 1.54) is 6.92 Å². The fourth-order valence-electron chi connectivity index (χ4n) is 1.32. The van der Waals surface area contributed by atoms with E-state index < -0.39 is 5.38 Å². The molecule has 0 bridgehead atoms. The minimum absolute atomic E-state index is 0.122. The van der Waals surface area contributed by atoms with Crippen LogP contribution in [0.2, 0.25) is 5.02 Å². The lowest BCUT2D eigenvalue weighted by Crippen LogP contribution is -2.03. The number of ketones is 1. The molecule has 0 saturated carbocycles. The van der Waals surface area contributed by atoms with Gasteiger partial charge in [-0.1, -0.05) is 11.6 Å². The number of aryl methyl sites for hydroxylation is 1. The molecule has 0 N–H and O–H groups in total. The molecule has 0 aliphatic heterocycles. The fourth-order valence-corrected chi connectivity index (χ4v) is 1.82. The Morgan fingerprint density at radius 2 is 2.07 bits per heavy atom. The molecule has 0 aliphatic rings. The number of carbonyl (C=O) groups excluding carboxylic acids is 1. The van der Waals surface area contributed by atoms with E-state index in [9.17, 15) is 4.79 Å². The summed E-state index contributed by atoms with van der Waals surface area (Å²) < 4.78 is 5.11. The topological polar surface area (TPSA) is 26.3 Å². The summed E-state index contributed by atoms with van der Waals surface area (Å²) in [6.07, 6.45) is 0. The van der Waals surface area contributed by atoms with Gasteiger partial charge in [-0.3, -0.25) is 4.79 Å². The molecule has 0 fully saturated rings. The lowest BCUT2D eigenvalue weighted by molar-refractivity contribution is -0.116. The van der Waals surface area contributed by atoms with Crippen molar-refractivity contribution in [1.82, 2.24) is 0 Å². The van der Waals surface area contributed by atoms with Crippen LogP contribution in [0.25, 0.3) is 0 Å². The van der Waals surface area contributed by atoms with E-state index in [0.717, 1.165) is 5.56 Å². The first-order valence-corrected chi connectivity index (χ1v) is 5.27. The number of hydrogen-bond donors (Lipinski definition) is 0. The second-order valence-corrected chi connectivity index (χ2v) is 4.16. The highest BCUT2D eigenvalue weighted by atomic mass is 35.5. The maximum Gasteiger partial charge on any atom is 0.152 e. The highest BCUT2D eigenvalue weighted by Gasteiger charge is 2.18. The zero-order valence-electron chi connectivity index (χ0n) is 8.80. The molecule has 1 aromatic carbocycles. The van der Waals surface area contributed by atoms with Gasteiger partial charge in [0.25, 0.3) is 0 Å². The molecular formula is C11H12Cl2O2. The van der Waals surface area contributed by atoms with E-state index in [1.807, 2.05) is 6.92 Å². The van der Waals surface area contributed by atoms with Crippen LogP contribution in [0.1, 0.15) is 23.4 Å². The third-order valence-electron chi connectivity index (χ3n) is 2.14. The average Bonchev–Trinajstić information content (AvgIpc) is 2.19. The molecule has 82 valence electrons. The third kappa shape index (κ3) is 2.64. The van der Waals surface area contributed by atoms with Gasteiger partial charge in [0.2, 0.25) is 0 Å². The predicted octanol–water partition coefficient (Wildman–Crippen LogP) is 3.53. The highest BCUT2D eigenvalue weighted by molar-refractivity contribution is 6.36. The minimum Gasteiger partial charge on any atom is -0.496 e. The van der Waals surface area contributed by atoms with Crippen LogP contribution in [0.4, 0.5) is 0 Å². The number of halogens is 2. The van der Waals surface area contributed by atoms with Gasteiger partial charge in [0.1, 0.15) is 11.1 Å². The maximum absolute atomic E-state index is 11.1. The van der Waals surface area contributed by atoms with Crippen LogP contribution >= 0.6 is 23.2 Å². The summed E-state index contributed by atoms with van der Waals surface area (Å²) in [6.45, 7) is 3.32. The van der Waals surface area contributed by atoms with Gasteiger partial charge in [0.05, 0.1) is 7.11 Å². The molecule has 1 aromatic rings. The van der Waals surface area contributed by atoms with Crippen LogP contribution in [0.3, 0.4) is 0 Å². The summed E-state index contributed by atoms with van der Waals surface area (Å²) in [4.78, 5) is 11.1. The van der Waals surface area contributed by atoms with E-state index in [4.69, 9.17) is 27.9 Å². The Kier molecular flexibility index (Phi) is 4.00. The van der Waals surface area contributed by atoms with Crippen LogP contribution in [-0.4, -0.2) is 12.9 Å². The molecule has 0 aliphatic carbocycles. The van der Waals surface area contributed by atoms with Gasteiger partial charge in [-0.2, -0.15) is 0 Å². The van der Waals surface area contributed by atoms with Crippen LogP contribution < -0.4 is 4.74 Å². The van der Waals surface area contributed by atoms with Crippen molar-refractivity contribution in [3.63, 3.8) is 0 Å². The normalized spacial score (nSPS) is 12.3. The Morgan fingerprint density at radius 3 is 2.53 bits per heavy atom. The third-order valence-corrected chi connectivity index (χ3v) is 3.01. The van der Waals surface area contributed by atoms with Gasteiger partial charge in [0.15, 0.2) is 5.78 Å². The number of alkyl halides is 1. The number of methoxy groups -OCH3 is 1. The molecule has 4 heteroatoms. The molecule has 0 spiro atoms. The van der Waals surface area contributed by atoms with Crippen molar-refractivity contribution in [2.24, 2.45) is 0 Å². The van der Waals surface area contributed by atoms with E-state index in [2.05, 4.69) is 0 Å². The van der Waals surface area contributed by atoms with Gasteiger partial charge in [-0.25, -0.2) is 0 Å². The van der Waals surface area contributed by atoms with Crippen LogP contribution in [-0.2, 0) is 4.79 Å². The van der Waals surface area contributed by atoms with Gasteiger partial charge in [0, 0.05) is 5.02 Å². The van der Waals surface area contributed by atoms with Crippen molar-refractivity contribution < 1.29 is 9.53 Å². The Balaban J connectivity index is 3.21. The van der Waals surface area contributed by atoms with Gasteiger partial charge >= 0.3 is 0 Å². The molecule has 0 saturated heterocycles. The van der Waals surface area contributed by atoms with Gasteiger partial charge in [-0.15, -0.1) is 11.6 Å². The standard InChI is InChI=1S/C11H12Cl2O2/c1-6-4-8(11(13)7(2)14)9(12)5-10(6)15-3/h4-5,11H,1-3H3. The maximum atomic E-state index is 11.1. The van der Waals surface area contributed by atoms with Crippen LogP contribution in [0.5, 0.6) is 5.75 Å². The minimum atomic E-state index is -0.692. The summed E-state index contributed by atoms with van der Waals surface area (Å²) in [5.74, 6) is 0.569. The summed E-state index contributed by atoms with van der Waals surface area (Å²) in [6, 6.07) is 3.45. The molecule has 0 aromatic heterocycles. The van der Waals surface area contributed by atoms with Crippen molar-refractivity contribution in [3.8, 4) is 5.75 Å². The number of rotatable bonds is 3. The average molecular weight is 247 g/mol. The second-order valence-electron chi connectivity index (χ2n) is 3.32. The Labute approximate surface area is 99.1 Å². The first-order chi connectivity index (χ1) is 6.97. The van der Waals surface area contributed by atoms with Gasteiger partial charge < -0.3 is 4.74 Å². The molecule has 0 heterocycles. The molecule has 1 atom stereocenters. The smallest absolute Gasteiger partial charge is 0.152 e. The van der Waals surface area contributed by atoms with E-state index in [1.54, 1.807) is 19.2 Å². The first-order valence-electron chi connectivity index (χ1n) is 4.46. The molecule has 15 heavy (non-hydrogen) atoms. The summed E-state index contributed by atoms with van der Waals surface area (Å²) >= 11 is 11.9. The summed E-state index contributed by atoms with van der Waals surface area (Å²) in [5, 5.41) is -0.241. The van der Waals surface area contributed by atoms with E-state index in [0.29, 0.717) is 16.3 Å². The number of benzene rings is 1. The number of ether oxygens (including phenoxy) is 1. The van der Waals surface area contributed by atoms with E-state index >= 15 is 0 Å². The summed E-state index contributed by atoms with van der Waals surface area (Å²) in [7, 11) is 1.57. The number of hydrogen-bond acceptors (Lipinski definition) is 2. The Bertz CT molecular complexity index is 388. The SMILES string of the molecule is COc1cc(Cl)c(C(Cl)C(C)=O)cc1C. The van der Waals surface area contributed by atoms with Crippen molar-refractivity contribution in [3.05, 3.63) is 28.3 Å². The molecule has 1 unspecified atom stereocenters. The summed E-state index contributed by atoms with van der Waals surface area (Å²) in [5.41, 5.74) is 1.54. The van der Waals surface area contributed by atoms with Crippen LogP contribution in [0, 0.1) is 6.92 Å². The lowest BCUT2D eigenvalue weighted by atomic mass is 10.1. The monoisotopic (exact) mass is 246 g/mol. The van der Waals surface area contributed by atoms with Crippen molar-refractivity contribution in [1.29, 1.82) is 0 Å². The van der Waals surface area contributed by atoms with Crippen molar-refractivity contribution >= 4 is 29.0 Å². The highest BCUT2D eigenvalue weighted by Crippen LogP contribution is 2.33. The number of Topliss-reactive ketones (excluding diaryl/α,β-unsaturated/α-hetero) is 1. The largest absolute Gasteiger partial charge is 0.496 e. The lowest BCUT2D eigenvalue weighted by Gasteiger charge is -2.12. The van der Waals surface area contributed by atoms with Gasteiger partial charge in [-0.05, 0) is 37.1 Å². The number of carbonyl (C=O) groups is 1. The quantitative estimate of drug-likeness (QED) is 0.764. The zero-order chi connectivity index (χ0) is 11.6. The van der Waals surface area contributed by atoms with E-state index in [-0.39, 0.29) is 5.78 Å². The first kappa shape index (κ1) is 12.3. The molecule has 1 rings (SSSR count). The van der Waals surface area contributed by atoms with Crippen molar-refractivity contribution in [2.75, 3.05) is 7.11 Å². The Morgan fingerprint density at radius 1 is 1.47 bits per heavy atom. The predicted molar refractivity (Wildman–Crippen MR) is 62.0 cm³/mol. The van der Waals surface area contributed by atoms with Crippen LogP contribution in [0.15, 0.2) is 12.1 Å². The molecule has 2 nitrogen and oxygen atoms in total. The second kappa shape index (κ2) is 4.86. The molecular weight excluding hydrogens is 235 g/mol. The Hall–Kier alpha value is -0.730.